The van der Waals surface area contributed by atoms with Crippen LogP contribution in [0, 0.1) is 16.7 Å². The van der Waals surface area contributed by atoms with Gasteiger partial charge in [-0.05, 0) is 17.9 Å². The van der Waals surface area contributed by atoms with Crippen molar-refractivity contribution in [1.82, 2.24) is 15.5 Å². The van der Waals surface area contributed by atoms with Gasteiger partial charge in [-0.1, -0.05) is 51.1 Å². The maximum Gasteiger partial charge on any atom is 0.325 e. The Kier molecular flexibility index (Phi) is 4.84. The second-order valence-corrected chi connectivity index (χ2v) is 7.31. The van der Waals surface area contributed by atoms with Crippen LogP contribution >= 0.6 is 0 Å². The number of imide groups is 1. The summed E-state index contributed by atoms with van der Waals surface area (Å²) in [6.45, 7) is 6.64. The van der Waals surface area contributed by atoms with E-state index in [9.17, 15) is 19.6 Å². The molecule has 0 spiro atoms. The standard InChI is InChI=1S/C18H22N4O3/c1-17(2,3)13(10-19)20-14(23)11-22-15(24)18(4,21-16(22)25)12-8-6-5-7-9-12/h5-9,13H,11H2,1-4H3,(H,20,23)(H,21,25)/t13-,18+/m1/s1. The van der Waals surface area contributed by atoms with Crippen LogP contribution in [0.15, 0.2) is 30.3 Å². The van der Waals surface area contributed by atoms with Gasteiger partial charge in [-0.25, -0.2) is 4.79 Å². The van der Waals surface area contributed by atoms with E-state index in [4.69, 9.17) is 0 Å². The van der Waals surface area contributed by atoms with Crippen LogP contribution in [0.1, 0.15) is 33.3 Å². The molecular formula is C18H22N4O3. The Bertz CT molecular complexity index is 733. The summed E-state index contributed by atoms with van der Waals surface area (Å²) in [4.78, 5) is 38.0. The zero-order valence-electron chi connectivity index (χ0n) is 14.8. The van der Waals surface area contributed by atoms with Gasteiger partial charge in [0.1, 0.15) is 18.1 Å². The minimum atomic E-state index is -1.21. The van der Waals surface area contributed by atoms with Crippen molar-refractivity contribution in [1.29, 1.82) is 5.26 Å². The van der Waals surface area contributed by atoms with E-state index < -0.39 is 41.4 Å². The van der Waals surface area contributed by atoms with E-state index in [0.29, 0.717) is 5.56 Å². The van der Waals surface area contributed by atoms with Gasteiger partial charge in [-0.15, -0.1) is 0 Å². The van der Waals surface area contributed by atoms with Gasteiger partial charge >= 0.3 is 6.03 Å². The fourth-order valence-electron chi connectivity index (χ4n) is 2.60. The van der Waals surface area contributed by atoms with Gasteiger partial charge in [0.2, 0.25) is 5.91 Å². The number of amides is 4. The molecule has 0 bridgehead atoms. The molecule has 7 heteroatoms. The third-order valence-electron chi connectivity index (χ3n) is 4.23. The summed E-state index contributed by atoms with van der Waals surface area (Å²) in [7, 11) is 0. The van der Waals surface area contributed by atoms with Crippen LogP contribution in [-0.2, 0) is 15.1 Å². The highest BCUT2D eigenvalue weighted by molar-refractivity contribution is 6.09. The first-order valence-corrected chi connectivity index (χ1v) is 7.98. The molecule has 0 radical (unpaired) electrons. The minimum absolute atomic E-state index is 0.429. The third-order valence-corrected chi connectivity index (χ3v) is 4.23. The Morgan fingerprint density at radius 1 is 1.32 bits per heavy atom. The van der Waals surface area contributed by atoms with Crippen LogP contribution < -0.4 is 10.6 Å². The lowest BCUT2D eigenvalue weighted by molar-refractivity contribution is -0.135. The normalized spacial score (nSPS) is 21.5. The summed E-state index contributed by atoms with van der Waals surface area (Å²) in [6, 6.07) is 9.52. The number of hydrogen-bond acceptors (Lipinski definition) is 4. The molecule has 1 heterocycles. The van der Waals surface area contributed by atoms with Crippen molar-refractivity contribution in [2.24, 2.45) is 5.41 Å². The van der Waals surface area contributed by atoms with Gasteiger partial charge in [-0.3, -0.25) is 14.5 Å². The maximum atomic E-state index is 12.7. The number of nitriles is 1. The monoisotopic (exact) mass is 342 g/mol. The Balaban J connectivity index is 2.14. The Hall–Kier alpha value is -2.88. The molecule has 1 aliphatic heterocycles. The Morgan fingerprint density at radius 3 is 2.44 bits per heavy atom. The lowest BCUT2D eigenvalue weighted by Gasteiger charge is -2.26. The van der Waals surface area contributed by atoms with E-state index in [1.165, 1.54) is 0 Å². The van der Waals surface area contributed by atoms with Crippen molar-refractivity contribution in [2.45, 2.75) is 39.3 Å². The lowest BCUT2D eigenvalue weighted by Crippen LogP contribution is -2.48. The van der Waals surface area contributed by atoms with Crippen LogP contribution in [0.3, 0.4) is 0 Å². The molecule has 0 saturated carbocycles. The maximum absolute atomic E-state index is 12.7. The SMILES string of the molecule is CC(C)(C)[C@@H](C#N)NC(=O)CN1C(=O)N[C@@](C)(c2ccccc2)C1=O. The molecule has 2 atom stereocenters. The van der Waals surface area contributed by atoms with Crippen molar-refractivity contribution in [3.63, 3.8) is 0 Å². The molecule has 1 saturated heterocycles. The predicted molar refractivity (Wildman–Crippen MR) is 91.0 cm³/mol. The van der Waals surface area contributed by atoms with Crippen LogP contribution in [-0.4, -0.2) is 35.3 Å². The van der Waals surface area contributed by atoms with E-state index in [1.807, 2.05) is 32.9 Å². The second-order valence-electron chi connectivity index (χ2n) is 7.31. The number of nitrogens with one attached hydrogen (secondary N) is 2. The topological polar surface area (TPSA) is 102 Å². The summed E-state index contributed by atoms with van der Waals surface area (Å²) < 4.78 is 0. The van der Waals surface area contributed by atoms with Crippen LogP contribution in [0.2, 0.25) is 0 Å². The number of hydrogen-bond donors (Lipinski definition) is 2. The minimum Gasteiger partial charge on any atom is -0.338 e. The molecule has 1 fully saturated rings. The van der Waals surface area contributed by atoms with Gasteiger partial charge in [0.15, 0.2) is 0 Å². The molecule has 0 aliphatic carbocycles. The van der Waals surface area contributed by atoms with Gasteiger partial charge < -0.3 is 10.6 Å². The number of nitrogens with zero attached hydrogens (tertiary/aromatic N) is 2. The van der Waals surface area contributed by atoms with Gasteiger partial charge in [-0.2, -0.15) is 5.26 Å². The van der Waals surface area contributed by atoms with E-state index in [0.717, 1.165) is 4.90 Å². The molecule has 25 heavy (non-hydrogen) atoms. The summed E-state index contributed by atoms with van der Waals surface area (Å²) in [5, 5.41) is 14.4. The summed E-state index contributed by atoms with van der Waals surface area (Å²) in [5.41, 5.74) is -1.03. The van der Waals surface area contributed by atoms with Crippen LogP contribution in [0.5, 0.6) is 0 Å². The van der Waals surface area contributed by atoms with E-state index in [-0.39, 0.29) is 0 Å². The molecule has 2 N–H and O–H groups in total. The molecule has 2 rings (SSSR count). The largest absolute Gasteiger partial charge is 0.338 e. The molecule has 7 nitrogen and oxygen atoms in total. The predicted octanol–water partition coefficient (Wildman–Crippen LogP) is 1.51. The Morgan fingerprint density at radius 2 is 1.92 bits per heavy atom. The average molecular weight is 342 g/mol. The molecule has 1 aliphatic rings. The van der Waals surface area contributed by atoms with Gasteiger partial charge in [0.25, 0.3) is 5.91 Å². The van der Waals surface area contributed by atoms with Gasteiger partial charge in [0.05, 0.1) is 6.07 Å². The fourth-order valence-corrected chi connectivity index (χ4v) is 2.60. The molecule has 0 unspecified atom stereocenters. The molecule has 1 aromatic rings. The van der Waals surface area contributed by atoms with Crippen LogP contribution in [0.4, 0.5) is 4.79 Å². The third kappa shape index (κ3) is 3.63. The molecule has 132 valence electrons. The number of benzene rings is 1. The zero-order chi connectivity index (χ0) is 18.8. The van der Waals surface area contributed by atoms with Crippen molar-refractivity contribution < 1.29 is 14.4 Å². The van der Waals surface area contributed by atoms with Crippen molar-refractivity contribution in [3.05, 3.63) is 35.9 Å². The van der Waals surface area contributed by atoms with Crippen molar-refractivity contribution >= 4 is 17.8 Å². The van der Waals surface area contributed by atoms with E-state index in [1.54, 1.807) is 31.2 Å². The lowest BCUT2D eigenvalue weighted by atomic mass is 9.87. The summed E-state index contributed by atoms with van der Waals surface area (Å²) >= 11 is 0. The highest BCUT2D eigenvalue weighted by Gasteiger charge is 2.49. The molecule has 4 amide bonds. The fraction of sp³-hybridized carbons (Fsp3) is 0.444. The van der Waals surface area contributed by atoms with Crippen molar-refractivity contribution in [3.8, 4) is 6.07 Å². The first-order chi connectivity index (χ1) is 11.6. The number of rotatable bonds is 4. The summed E-state index contributed by atoms with van der Waals surface area (Å²) in [5.74, 6) is -1.05. The second kappa shape index (κ2) is 6.55. The highest BCUT2D eigenvalue weighted by atomic mass is 16.2. The quantitative estimate of drug-likeness (QED) is 0.810. The molecule has 1 aromatic carbocycles. The number of urea groups is 1. The first-order valence-electron chi connectivity index (χ1n) is 7.98. The highest BCUT2D eigenvalue weighted by Crippen LogP contribution is 2.28. The molecule has 0 aromatic heterocycles. The van der Waals surface area contributed by atoms with E-state index in [2.05, 4.69) is 10.6 Å². The number of carbonyl (C=O) groups is 3. The molecular weight excluding hydrogens is 320 g/mol. The average Bonchev–Trinajstić information content (AvgIpc) is 2.76. The summed E-state index contributed by atoms with van der Waals surface area (Å²) in [6.07, 6.45) is 0. The van der Waals surface area contributed by atoms with Gasteiger partial charge in [0, 0.05) is 0 Å². The van der Waals surface area contributed by atoms with Crippen molar-refractivity contribution in [2.75, 3.05) is 6.54 Å². The van der Waals surface area contributed by atoms with Crippen LogP contribution in [0.25, 0.3) is 0 Å². The van der Waals surface area contributed by atoms with E-state index >= 15 is 0 Å². The number of carbonyl (C=O) groups excluding carboxylic acids is 3. The first kappa shape index (κ1) is 18.5. The zero-order valence-corrected chi connectivity index (χ0v) is 14.8. The Labute approximate surface area is 147 Å². The smallest absolute Gasteiger partial charge is 0.325 e.